The molecule has 0 radical (unpaired) electrons. The first-order chi connectivity index (χ1) is 13.0. The van der Waals surface area contributed by atoms with E-state index in [0.29, 0.717) is 26.4 Å². The van der Waals surface area contributed by atoms with Crippen LogP contribution >= 0.6 is 23.1 Å². The zero-order valence-electron chi connectivity index (χ0n) is 13.8. The number of thioether (sulfide) groups is 1. The molecule has 0 saturated heterocycles. The average Bonchev–Trinajstić information content (AvgIpc) is 3.08. The standard InChI is InChI=1S/C17H14FN5O2S2/c18-11-2-1-3-13(8-11)21-16-22-23-17(27-16)26-9-14(24)20-12-6-4-10(5-7-12)15(19)25/h1-8H,9H2,(H2,19,25)(H,20,24)(H,21,22). The zero-order chi connectivity index (χ0) is 19.2. The van der Waals surface area contributed by atoms with Gasteiger partial charge in [-0.3, -0.25) is 9.59 Å². The predicted octanol–water partition coefficient (Wildman–Crippen LogP) is 3.25. The summed E-state index contributed by atoms with van der Waals surface area (Å²) in [5.74, 6) is -0.949. The summed E-state index contributed by atoms with van der Waals surface area (Å²) in [6.07, 6.45) is 0. The van der Waals surface area contributed by atoms with E-state index < -0.39 is 5.91 Å². The van der Waals surface area contributed by atoms with E-state index >= 15 is 0 Å². The van der Waals surface area contributed by atoms with Crippen molar-refractivity contribution in [2.24, 2.45) is 5.73 Å². The number of nitrogens with two attached hydrogens (primary N) is 1. The van der Waals surface area contributed by atoms with E-state index in [0.717, 1.165) is 0 Å². The lowest BCUT2D eigenvalue weighted by atomic mass is 10.2. The van der Waals surface area contributed by atoms with Crippen LogP contribution in [0.3, 0.4) is 0 Å². The van der Waals surface area contributed by atoms with Crippen LogP contribution < -0.4 is 16.4 Å². The Labute approximate surface area is 162 Å². The third-order valence-electron chi connectivity index (χ3n) is 3.26. The SMILES string of the molecule is NC(=O)c1ccc(NC(=O)CSc2nnc(Nc3cccc(F)c3)s2)cc1. The van der Waals surface area contributed by atoms with Crippen LogP contribution in [0.15, 0.2) is 52.9 Å². The smallest absolute Gasteiger partial charge is 0.248 e. The second-order valence-corrected chi connectivity index (χ2v) is 7.49. The third-order valence-corrected chi connectivity index (χ3v) is 5.23. The Kier molecular flexibility index (Phi) is 5.99. The summed E-state index contributed by atoms with van der Waals surface area (Å²) in [5.41, 5.74) is 6.68. The van der Waals surface area contributed by atoms with Gasteiger partial charge in [0.25, 0.3) is 0 Å². The maximum absolute atomic E-state index is 13.2. The summed E-state index contributed by atoms with van der Waals surface area (Å²) in [5, 5.41) is 14.1. The molecular formula is C17H14FN5O2S2. The Morgan fingerprint density at radius 3 is 2.59 bits per heavy atom. The topological polar surface area (TPSA) is 110 Å². The van der Waals surface area contributed by atoms with Crippen molar-refractivity contribution in [3.63, 3.8) is 0 Å². The molecule has 0 atom stereocenters. The molecule has 2 aromatic carbocycles. The molecule has 138 valence electrons. The number of carbonyl (C=O) groups excluding carboxylic acids is 2. The van der Waals surface area contributed by atoms with Gasteiger partial charge >= 0.3 is 0 Å². The fraction of sp³-hybridized carbons (Fsp3) is 0.0588. The van der Waals surface area contributed by atoms with Crippen molar-refractivity contribution in [3.05, 3.63) is 59.9 Å². The van der Waals surface area contributed by atoms with Crippen LogP contribution in [0.4, 0.5) is 20.9 Å². The second-order valence-electron chi connectivity index (χ2n) is 5.29. The summed E-state index contributed by atoms with van der Waals surface area (Å²) in [6, 6.07) is 12.3. The number of rotatable bonds is 7. The number of nitrogens with zero attached hydrogens (tertiary/aromatic N) is 2. The first kappa shape index (κ1) is 18.8. The van der Waals surface area contributed by atoms with Gasteiger partial charge in [0.2, 0.25) is 16.9 Å². The molecule has 1 heterocycles. The second kappa shape index (κ2) is 8.60. The molecule has 1 aromatic heterocycles. The van der Waals surface area contributed by atoms with E-state index in [4.69, 9.17) is 5.73 Å². The summed E-state index contributed by atoms with van der Waals surface area (Å²) in [6.45, 7) is 0. The van der Waals surface area contributed by atoms with Gasteiger partial charge in [-0.05, 0) is 42.5 Å². The highest BCUT2D eigenvalue weighted by Crippen LogP contribution is 2.27. The highest BCUT2D eigenvalue weighted by molar-refractivity contribution is 8.01. The maximum Gasteiger partial charge on any atom is 0.248 e. The van der Waals surface area contributed by atoms with Crippen LogP contribution in [0.25, 0.3) is 0 Å². The number of hydrogen-bond acceptors (Lipinski definition) is 7. The molecule has 0 aliphatic heterocycles. The average molecular weight is 403 g/mol. The number of hydrogen-bond donors (Lipinski definition) is 3. The number of anilines is 3. The zero-order valence-corrected chi connectivity index (χ0v) is 15.4. The van der Waals surface area contributed by atoms with E-state index in [1.807, 2.05) is 0 Å². The van der Waals surface area contributed by atoms with Crippen LogP contribution in [-0.2, 0) is 4.79 Å². The number of primary amides is 1. The Hall–Kier alpha value is -2.98. The fourth-order valence-electron chi connectivity index (χ4n) is 2.05. The highest BCUT2D eigenvalue weighted by Gasteiger charge is 2.09. The molecular weight excluding hydrogens is 389 g/mol. The Morgan fingerprint density at radius 2 is 1.89 bits per heavy atom. The fourth-order valence-corrected chi connectivity index (χ4v) is 3.62. The van der Waals surface area contributed by atoms with Crippen LogP contribution in [0.1, 0.15) is 10.4 Å². The summed E-state index contributed by atoms with van der Waals surface area (Å²) >= 11 is 2.50. The number of benzene rings is 2. The molecule has 0 aliphatic carbocycles. The summed E-state index contributed by atoms with van der Waals surface area (Å²) < 4.78 is 13.8. The van der Waals surface area contributed by atoms with Gasteiger partial charge in [-0.25, -0.2) is 4.39 Å². The predicted molar refractivity (Wildman–Crippen MR) is 104 cm³/mol. The molecule has 0 saturated carbocycles. The Morgan fingerprint density at radius 1 is 1.11 bits per heavy atom. The van der Waals surface area contributed by atoms with E-state index in [1.54, 1.807) is 36.4 Å². The van der Waals surface area contributed by atoms with Gasteiger partial charge in [0, 0.05) is 16.9 Å². The number of amides is 2. The number of nitrogens with one attached hydrogen (secondary N) is 2. The number of halogens is 1. The van der Waals surface area contributed by atoms with Gasteiger partial charge in [-0.15, -0.1) is 10.2 Å². The Bertz CT molecular complexity index is 962. The van der Waals surface area contributed by atoms with Crippen LogP contribution in [0.2, 0.25) is 0 Å². The minimum atomic E-state index is -0.526. The molecule has 0 spiro atoms. The molecule has 7 nitrogen and oxygen atoms in total. The molecule has 0 aliphatic rings. The van der Waals surface area contributed by atoms with Gasteiger partial charge in [0.05, 0.1) is 5.75 Å². The molecule has 0 unspecified atom stereocenters. The summed E-state index contributed by atoms with van der Waals surface area (Å²) in [7, 11) is 0. The third kappa shape index (κ3) is 5.50. The summed E-state index contributed by atoms with van der Waals surface area (Å²) in [4.78, 5) is 23.0. The van der Waals surface area contributed by atoms with Gasteiger partial charge in [-0.1, -0.05) is 29.2 Å². The van der Waals surface area contributed by atoms with Gasteiger partial charge in [0.1, 0.15) is 5.82 Å². The maximum atomic E-state index is 13.2. The number of carbonyl (C=O) groups is 2. The van der Waals surface area contributed by atoms with Gasteiger partial charge < -0.3 is 16.4 Å². The number of aromatic nitrogens is 2. The Balaban J connectivity index is 1.50. The largest absolute Gasteiger partial charge is 0.366 e. The van der Waals surface area contributed by atoms with E-state index in [2.05, 4.69) is 20.8 Å². The lowest BCUT2D eigenvalue weighted by Crippen LogP contribution is -2.14. The monoisotopic (exact) mass is 403 g/mol. The molecule has 0 fully saturated rings. The van der Waals surface area contributed by atoms with Crippen molar-refractivity contribution in [2.75, 3.05) is 16.4 Å². The normalized spacial score (nSPS) is 10.4. The van der Waals surface area contributed by atoms with Crippen molar-refractivity contribution >= 4 is 51.4 Å². The van der Waals surface area contributed by atoms with Crippen LogP contribution in [-0.4, -0.2) is 27.8 Å². The minimum Gasteiger partial charge on any atom is -0.366 e. The van der Waals surface area contributed by atoms with Crippen molar-refractivity contribution in [1.82, 2.24) is 10.2 Å². The molecule has 0 bridgehead atoms. The first-order valence-corrected chi connectivity index (χ1v) is 9.48. The lowest BCUT2D eigenvalue weighted by molar-refractivity contribution is -0.113. The van der Waals surface area contributed by atoms with E-state index in [-0.39, 0.29) is 17.5 Å². The molecule has 3 rings (SSSR count). The van der Waals surface area contributed by atoms with E-state index in [9.17, 15) is 14.0 Å². The highest BCUT2D eigenvalue weighted by atomic mass is 32.2. The van der Waals surface area contributed by atoms with E-state index in [1.165, 1.54) is 35.2 Å². The molecule has 3 aromatic rings. The quantitative estimate of drug-likeness (QED) is 0.523. The van der Waals surface area contributed by atoms with Crippen LogP contribution in [0.5, 0.6) is 0 Å². The molecule has 2 amide bonds. The van der Waals surface area contributed by atoms with Crippen LogP contribution in [0, 0.1) is 5.82 Å². The molecule has 27 heavy (non-hydrogen) atoms. The van der Waals surface area contributed by atoms with Crippen molar-refractivity contribution in [2.45, 2.75) is 4.34 Å². The lowest BCUT2D eigenvalue weighted by Gasteiger charge is -2.04. The first-order valence-electron chi connectivity index (χ1n) is 7.68. The van der Waals surface area contributed by atoms with Crippen molar-refractivity contribution in [1.29, 1.82) is 0 Å². The van der Waals surface area contributed by atoms with Crippen molar-refractivity contribution in [3.8, 4) is 0 Å². The van der Waals surface area contributed by atoms with Gasteiger partial charge in [0.15, 0.2) is 4.34 Å². The molecule has 4 N–H and O–H groups in total. The molecule has 10 heteroatoms. The minimum absolute atomic E-state index is 0.145. The van der Waals surface area contributed by atoms with Gasteiger partial charge in [-0.2, -0.15) is 0 Å². The van der Waals surface area contributed by atoms with Crippen molar-refractivity contribution < 1.29 is 14.0 Å².